The predicted octanol–water partition coefficient (Wildman–Crippen LogP) is 1.89. The maximum atomic E-state index is 12.4. The summed E-state index contributed by atoms with van der Waals surface area (Å²) < 4.78 is 0. The molecule has 2 rings (SSSR count). The molecule has 0 aromatic heterocycles. The molecule has 2 N–H and O–H groups in total. The van der Waals surface area contributed by atoms with Gasteiger partial charge in [0.15, 0.2) is 0 Å². The molecule has 0 radical (unpaired) electrons. The zero-order valence-electron chi connectivity index (χ0n) is 12.6. The number of aliphatic hydroxyl groups excluding tert-OH is 1. The molecule has 6 heteroatoms. The van der Waals surface area contributed by atoms with Gasteiger partial charge in [-0.25, -0.2) is 0 Å². The number of nitrogens with one attached hydrogen (secondary N) is 1. The number of piperazine rings is 1. The lowest BCUT2D eigenvalue weighted by molar-refractivity contribution is -0.145. The molecule has 1 heterocycles. The van der Waals surface area contributed by atoms with Crippen LogP contribution < -0.4 is 5.32 Å². The van der Waals surface area contributed by atoms with Crippen LogP contribution in [0.2, 0.25) is 5.02 Å². The molecule has 1 saturated heterocycles. The van der Waals surface area contributed by atoms with Gasteiger partial charge >= 0.3 is 0 Å². The number of hydrogen-bond donors (Lipinski definition) is 2. The maximum Gasteiger partial charge on any atom is 0.242 e. The van der Waals surface area contributed by atoms with Crippen molar-refractivity contribution in [3.05, 3.63) is 34.9 Å². The molecule has 0 spiro atoms. The van der Waals surface area contributed by atoms with Crippen LogP contribution in [0.15, 0.2) is 24.3 Å². The van der Waals surface area contributed by atoms with Crippen LogP contribution in [0.25, 0.3) is 0 Å². The van der Waals surface area contributed by atoms with Crippen molar-refractivity contribution in [3.63, 3.8) is 0 Å². The molecule has 2 atom stereocenters. The van der Waals surface area contributed by atoms with Crippen molar-refractivity contribution in [1.29, 1.82) is 0 Å². The number of halogens is 1. The van der Waals surface area contributed by atoms with Gasteiger partial charge < -0.3 is 15.3 Å². The van der Waals surface area contributed by atoms with E-state index in [2.05, 4.69) is 5.32 Å². The monoisotopic (exact) mass is 324 g/mol. The Bertz CT molecular complexity index is 533. The fourth-order valence-corrected chi connectivity index (χ4v) is 2.79. The van der Waals surface area contributed by atoms with Gasteiger partial charge in [-0.3, -0.25) is 9.59 Å². The van der Waals surface area contributed by atoms with Crippen LogP contribution in [0.4, 0.5) is 0 Å². The number of hydrogen-bond acceptors (Lipinski definition) is 3. The van der Waals surface area contributed by atoms with E-state index in [4.69, 9.17) is 11.6 Å². The van der Waals surface area contributed by atoms with E-state index in [1.54, 1.807) is 29.2 Å². The standard InChI is InChI=1S/C16H21ClN2O3/c1-2-3-13-16(22)18-8-9-19(13)15(21)10-14(20)11-4-6-12(17)7-5-11/h4-7,13-14,20H,2-3,8-10H2,1H3,(H,18,22). The second-order valence-electron chi connectivity index (χ2n) is 5.45. The molecule has 120 valence electrons. The normalized spacial score (nSPS) is 19.7. The number of carbonyl (C=O) groups is 2. The van der Waals surface area contributed by atoms with E-state index < -0.39 is 12.1 Å². The second kappa shape index (κ2) is 7.61. The number of benzene rings is 1. The van der Waals surface area contributed by atoms with Gasteiger partial charge in [-0.1, -0.05) is 37.1 Å². The molecule has 22 heavy (non-hydrogen) atoms. The van der Waals surface area contributed by atoms with E-state index >= 15 is 0 Å². The molecular weight excluding hydrogens is 304 g/mol. The van der Waals surface area contributed by atoms with Crippen molar-refractivity contribution in [3.8, 4) is 0 Å². The van der Waals surface area contributed by atoms with E-state index in [-0.39, 0.29) is 18.2 Å². The van der Waals surface area contributed by atoms with Crippen molar-refractivity contribution >= 4 is 23.4 Å². The van der Waals surface area contributed by atoms with Gasteiger partial charge in [0.25, 0.3) is 0 Å². The molecule has 0 bridgehead atoms. The first-order valence-corrected chi connectivity index (χ1v) is 7.91. The summed E-state index contributed by atoms with van der Waals surface area (Å²) in [5.41, 5.74) is 0.645. The van der Waals surface area contributed by atoms with Gasteiger partial charge in [0, 0.05) is 18.1 Å². The summed E-state index contributed by atoms with van der Waals surface area (Å²) in [6, 6.07) is 6.33. The summed E-state index contributed by atoms with van der Waals surface area (Å²) in [6.07, 6.45) is 0.530. The molecule has 0 saturated carbocycles. The molecule has 1 aliphatic heterocycles. The quantitative estimate of drug-likeness (QED) is 0.869. The summed E-state index contributed by atoms with van der Waals surface area (Å²) in [5.74, 6) is -0.307. The Morgan fingerprint density at radius 1 is 1.45 bits per heavy atom. The molecule has 0 aliphatic carbocycles. The van der Waals surface area contributed by atoms with Crippen LogP contribution in [-0.2, 0) is 9.59 Å². The average molecular weight is 325 g/mol. The molecule has 1 aromatic carbocycles. The van der Waals surface area contributed by atoms with Crippen LogP contribution in [0.5, 0.6) is 0 Å². The van der Waals surface area contributed by atoms with Crippen molar-refractivity contribution in [1.82, 2.24) is 10.2 Å². The van der Waals surface area contributed by atoms with Crippen LogP contribution in [0, 0.1) is 0 Å². The molecule has 1 fully saturated rings. The van der Waals surface area contributed by atoms with Crippen molar-refractivity contribution < 1.29 is 14.7 Å². The van der Waals surface area contributed by atoms with Crippen molar-refractivity contribution in [2.45, 2.75) is 38.3 Å². The van der Waals surface area contributed by atoms with Gasteiger partial charge in [-0.15, -0.1) is 0 Å². The summed E-state index contributed by atoms with van der Waals surface area (Å²) >= 11 is 5.81. The minimum Gasteiger partial charge on any atom is -0.388 e. The number of carbonyl (C=O) groups excluding carboxylic acids is 2. The van der Waals surface area contributed by atoms with E-state index in [0.717, 1.165) is 6.42 Å². The SMILES string of the molecule is CCCC1C(=O)NCCN1C(=O)CC(O)c1ccc(Cl)cc1. The first-order chi connectivity index (χ1) is 10.5. The molecule has 2 amide bonds. The highest BCUT2D eigenvalue weighted by molar-refractivity contribution is 6.30. The second-order valence-corrected chi connectivity index (χ2v) is 5.89. The Morgan fingerprint density at radius 3 is 2.77 bits per heavy atom. The van der Waals surface area contributed by atoms with Crippen LogP contribution in [0.3, 0.4) is 0 Å². The summed E-state index contributed by atoms with van der Waals surface area (Å²) in [6.45, 7) is 2.93. The topological polar surface area (TPSA) is 69.6 Å². The Balaban J connectivity index is 2.03. The third-order valence-corrected chi connectivity index (χ3v) is 4.09. The number of rotatable bonds is 5. The van der Waals surface area contributed by atoms with E-state index in [9.17, 15) is 14.7 Å². The summed E-state index contributed by atoms with van der Waals surface area (Å²) in [5, 5.41) is 13.6. The van der Waals surface area contributed by atoms with Gasteiger partial charge in [-0.05, 0) is 24.1 Å². The van der Waals surface area contributed by atoms with Crippen LogP contribution in [0.1, 0.15) is 37.9 Å². The van der Waals surface area contributed by atoms with Crippen molar-refractivity contribution in [2.24, 2.45) is 0 Å². The molecule has 1 aromatic rings. The van der Waals surface area contributed by atoms with Gasteiger partial charge in [0.2, 0.25) is 11.8 Å². The average Bonchev–Trinajstić information content (AvgIpc) is 2.50. The molecule has 2 unspecified atom stereocenters. The maximum absolute atomic E-state index is 12.4. The smallest absolute Gasteiger partial charge is 0.242 e. The van der Waals surface area contributed by atoms with Gasteiger partial charge in [0.05, 0.1) is 12.5 Å². The lowest BCUT2D eigenvalue weighted by atomic mass is 10.0. The third-order valence-electron chi connectivity index (χ3n) is 3.84. The molecule has 5 nitrogen and oxygen atoms in total. The first kappa shape index (κ1) is 16.8. The van der Waals surface area contributed by atoms with Gasteiger partial charge in [-0.2, -0.15) is 0 Å². The summed E-state index contributed by atoms with van der Waals surface area (Å²) in [4.78, 5) is 25.9. The fourth-order valence-electron chi connectivity index (χ4n) is 2.66. The van der Waals surface area contributed by atoms with Crippen molar-refractivity contribution in [2.75, 3.05) is 13.1 Å². The van der Waals surface area contributed by atoms with Crippen LogP contribution in [-0.4, -0.2) is 41.0 Å². The Morgan fingerprint density at radius 2 is 2.14 bits per heavy atom. The summed E-state index contributed by atoms with van der Waals surface area (Å²) in [7, 11) is 0. The lowest BCUT2D eigenvalue weighted by Gasteiger charge is -2.35. The zero-order chi connectivity index (χ0) is 16.1. The van der Waals surface area contributed by atoms with E-state index in [0.29, 0.717) is 30.1 Å². The molecular formula is C16H21ClN2O3. The largest absolute Gasteiger partial charge is 0.388 e. The highest BCUT2D eigenvalue weighted by Gasteiger charge is 2.32. The number of amides is 2. The van der Waals surface area contributed by atoms with Crippen LogP contribution >= 0.6 is 11.6 Å². The number of nitrogens with zero attached hydrogens (tertiary/aromatic N) is 1. The van der Waals surface area contributed by atoms with Gasteiger partial charge in [0.1, 0.15) is 6.04 Å². The minimum atomic E-state index is -0.892. The fraction of sp³-hybridized carbons (Fsp3) is 0.500. The lowest BCUT2D eigenvalue weighted by Crippen LogP contribution is -2.57. The number of aliphatic hydroxyl groups is 1. The Kier molecular flexibility index (Phi) is 5.80. The zero-order valence-corrected chi connectivity index (χ0v) is 13.3. The third kappa shape index (κ3) is 3.99. The molecule has 1 aliphatic rings. The van der Waals surface area contributed by atoms with E-state index in [1.807, 2.05) is 6.92 Å². The highest BCUT2D eigenvalue weighted by Crippen LogP contribution is 2.21. The Labute approximate surface area is 135 Å². The van der Waals surface area contributed by atoms with E-state index in [1.165, 1.54) is 0 Å². The predicted molar refractivity (Wildman–Crippen MR) is 84.4 cm³/mol. The minimum absolute atomic E-state index is 0.0326. The highest BCUT2D eigenvalue weighted by atomic mass is 35.5. The Hall–Kier alpha value is -1.59. The first-order valence-electron chi connectivity index (χ1n) is 7.53.